The SMILES string of the molecule is C=CCN(C(=O)Nc1ccc(C(CC)=NO)cc1)C(C)C(=O)OCC. The van der Waals surface area contributed by atoms with Crippen LogP contribution in [0.2, 0.25) is 0 Å². The molecule has 1 aromatic rings. The molecule has 7 heteroatoms. The first kappa shape index (κ1) is 20.2. The van der Waals surface area contributed by atoms with Crippen LogP contribution in [0.1, 0.15) is 32.8 Å². The quantitative estimate of drug-likeness (QED) is 0.248. The number of oxime groups is 1. The van der Waals surface area contributed by atoms with Crippen LogP contribution < -0.4 is 5.32 Å². The van der Waals surface area contributed by atoms with Crippen LogP contribution in [0.5, 0.6) is 0 Å². The Morgan fingerprint density at radius 3 is 2.48 bits per heavy atom. The molecule has 0 fully saturated rings. The first-order valence-corrected chi connectivity index (χ1v) is 8.14. The van der Waals surface area contributed by atoms with Gasteiger partial charge in [0.25, 0.3) is 0 Å². The molecule has 1 atom stereocenters. The fourth-order valence-electron chi connectivity index (χ4n) is 2.22. The molecule has 136 valence electrons. The molecule has 7 nitrogen and oxygen atoms in total. The molecule has 0 radical (unpaired) electrons. The zero-order chi connectivity index (χ0) is 18.8. The second-order valence-corrected chi connectivity index (χ2v) is 5.28. The molecule has 0 aliphatic heterocycles. The summed E-state index contributed by atoms with van der Waals surface area (Å²) in [5.74, 6) is -0.471. The summed E-state index contributed by atoms with van der Waals surface area (Å²) in [7, 11) is 0. The Balaban J connectivity index is 2.86. The van der Waals surface area contributed by atoms with Crippen molar-refractivity contribution < 1.29 is 19.5 Å². The summed E-state index contributed by atoms with van der Waals surface area (Å²) < 4.78 is 4.97. The summed E-state index contributed by atoms with van der Waals surface area (Å²) in [5, 5.41) is 14.9. The third-order valence-corrected chi connectivity index (χ3v) is 3.61. The van der Waals surface area contributed by atoms with Gasteiger partial charge in [-0.15, -0.1) is 6.58 Å². The molecule has 0 saturated heterocycles. The minimum atomic E-state index is -0.731. The number of hydrogen-bond acceptors (Lipinski definition) is 5. The fraction of sp³-hybridized carbons (Fsp3) is 0.389. The van der Waals surface area contributed by atoms with Crippen LogP contribution in [0, 0.1) is 0 Å². The van der Waals surface area contributed by atoms with E-state index in [4.69, 9.17) is 9.94 Å². The maximum Gasteiger partial charge on any atom is 0.328 e. The molecular formula is C18H25N3O4. The van der Waals surface area contributed by atoms with Gasteiger partial charge < -0.3 is 20.2 Å². The van der Waals surface area contributed by atoms with Gasteiger partial charge in [-0.05, 0) is 38.0 Å². The number of urea groups is 1. The van der Waals surface area contributed by atoms with Crippen LogP contribution in [0.15, 0.2) is 42.1 Å². The van der Waals surface area contributed by atoms with Crippen LogP contribution in [0.25, 0.3) is 0 Å². The van der Waals surface area contributed by atoms with Gasteiger partial charge in [0.15, 0.2) is 0 Å². The van der Waals surface area contributed by atoms with Crippen molar-refractivity contribution in [3.8, 4) is 0 Å². The van der Waals surface area contributed by atoms with E-state index in [0.717, 1.165) is 5.56 Å². The minimum absolute atomic E-state index is 0.209. The second kappa shape index (κ2) is 10.1. The lowest BCUT2D eigenvalue weighted by Gasteiger charge is -2.26. The van der Waals surface area contributed by atoms with Crippen LogP contribution in [0.3, 0.4) is 0 Å². The highest BCUT2D eigenvalue weighted by Crippen LogP contribution is 2.14. The van der Waals surface area contributed by atoms with E-state index in [0.29, 0.717) is 17.8 Å². The Bertz CT molecular complexity index is 626. The summed E-state index contributed by atoms with van der Waals surface area (Å²) in [4.78, 5) is 25.7. The number of amides is 2. The zero-order valence-electron chi connectivity index (χ0n) is 14.9. The number of nitrogens with one attached hydrogen (secondary N) is 1. The van der Waals surface area contributed by atoms with Crippen molar-refractivity contribution in [2.45, 2.75) is 33.2 Å². The number of anilines is 1. The van der Waals surface area contributed by atoms with Crippen LogP contribution in [0.4, 0.5) is 10.5 Å². The monoisotopic (exact) mass is 347 g/mol. The van der Waals surface area contributed by atoms with Gasteiger partial charge in [0.2, 0.25) is 0 Å². The van der Waals surface area contributed by atoms with E-state index in [-0.39, 0.29) is 13.2 Å². The number of esters is 1. The van der Waals surface area contributed by atoms with Crippen molar-refractivity contribution in [1.82, 2.24) is 4.90 Å². The Morgan fingerprint density at radius 2 is 2.00 bits per heavy atom. The van der Waals surface area contributed by atoms with E-state index in [2.05, 4.69) is 17.1 Å². The van der Waals surface area contributed by atoms with Gasteiger partial charge in [0.1, 0.15) is 6.04 Å². The fourth-order valence-corrected chi connectivity index (χ4v) is 2.22. The van der Waals surface area contributed by atoms with Crippen molar-refractivity contribution in [3.05, 3.63) is 42.5 Å². The predicted molar refractivity (Wildman–Crippen MR) is 97.1 cm³/mol. The van der Waals surface area contributed by atoms with E-state index < -0.39 is 18.0 Å². The third kappa shape index (κ3) is 5.63. The van der Waals surface area contributed by atoms with Gasteiger partial charge in [-0.25, -0.2) is 9.59 Å². The van der Waals surface area contributed by atoms with E-state index in [1.54, 1.807) is 44.2 Å². The average molecular weight is 347 g/mol. The maximum atomic E-state index is 12.5. The molecule has 25 heavy (non-hydrogen) atoms. The smallest absolute Gasteiger partial charge is 0.328 e. The zero-order valence-corrected chi connectivity index (χ0v) is 14.9. The summed E-state index contributed by atoms with van der Waals surface area (Å²) in [5.41, 5.74) is 1.89. The van der Waals surface area contributed by atoms with E-state index in [1.165, 1.54) is 4.90 Å². The van der Waals surface area contributed by atoms with Crippen molar-refractivity contribution in [1.29, 1.82) is 0 Å². The Hall–Kier alpha value is -2.83. The van der Waals surface area contributed by atoms with Crippen LogP contribution in [-0.2, 0) is 9.53 Å². The molecule has 0 aromatic heterocycles. The number of ether oxygens (including phenoxy) is 1. The van der Waals surface area contributed by atoms with E-state index >= 15 is 0 Å². The highest BCUT2D eigenvalue weighted by molar-refractivity contribution is 6.00. The molecule has 2 N–H and O–H groups in total. The Morgan fingerprint density at radius 1 is 1.36 bits per heavy atom. The number of benzene rings is 1. The van der Waals surface area contributed by atoms with Gasteiger partial charge in [0, 0.05) is 12.2 Å². The van der Waals surface area contributed by atoms with Gasteiger partial charge in [-0.2, -0.15) is 0 Å². The highest BCUT2D eigenvalue weighted by atomic mass is 16.5. The van der Waals surface area contributed by atoms with Crippen LogP contribution in [-0.4, -0.2) is 47.0 Å². The molecule has 1 rings (SSSR count). The van der Waals surface area contributed by atoms with Crippen molar-refractivity contribution in [2.75, 3.05) is 18.5 Å². The summed E-state index contributed by atoms with van der Waals surface area (Å²) in [6, 6.07) is 5.75. The number of nitrogens with zero attached hydrogens (tertiary/aromatic N) is 2. The predicted octanol–water partition coefficient (Wildman–Crippen LogP) is 3.25. The summed E-state index contributed by atoms with van der Waals surface area (Å²) in [6.45, 7) is 9.28. The number of carbonyl (C=O) groups excluding carboxylic acids is 2. The van der Waals surface area contributed by atoms with Gasteiger partial charge in [-0.1, -0.05) is 30.3 Å². The summed E-state index contributed by atoms with van der Waals surface area (Å²) >= 11 is 0. The molecule has 1 unspecified atom stereocenters. The summed E-state index contributed by atoms with van der Waals surface area (Å²) in [6.07, 6.45) is 2.13. The van der Waals surface area contributed by atoms with Gasteiger partial charge in [-0.3, -0.25) is 0 Å². The molecule has 1 aromatic carbocycles. The van der Waals surface area contributed by atoms with Crippen LogP contribution >= 0.6 is 0 Å². The Labute approximate surface area is 148 Å². The normalized spacial score (nSPS) is 12.2. The van der Waals surface area contributed by atoms with Crippen molar-refractivity contribution >= 4 is 23.4 Å². The second-order valence-electron chi connectivity index (χ2n) is 5.28. The first-order valence-electron chi connectivity index (χ1n) is 8.14. The van der Waals surface area contributed by atoms with Gasteiger partial charge >= 0.3 is 12.0 Å². The lowest BCUT2D eigenvalue weighted by atomic mass is 10.1. The molecule has 0 aliphatic rings. The molecule has 0 aliphatic carbocycles. The third-order valence-electron chi connectivity index (χ3n) is 3.61. The number of carbonyl (C=O) groups is 2. The average Bonchev–Trinajstić information content (AvgIpc) is 2.61. The maximum absolute atomic E-state index is 12.5. The molecule has 0 saturated carbocycles. The van der Waals surface area contributed by atoms with Gasteiger partial charge in [0.05, 0.1) is 12.3 Å². The van der Waals surface area contributed by atoms with E-state index in [1.807, 2.05) is 6.92 Å². The van der Waals surface area contributed by atoms with Crippen molar-refractivity contribution in [2.24, 2.45) is 5.16 Å². The molecule has 2 amide bonds. The molecule has 0 spiro atoms. The highest BCUT2D eigenvalue weighted by Gasteiger charge is 2.26. The standard InChI is InChI=1S/C18H25N3O4/c1-5-12-21(13(4)17(22)25-7-3)18(23)19-15-10-8-14(9-11-15)16(6-2)20-24/h5,8-11,13,24H,1,6-7,12H2,2-4H3,(H,19,23). The molecule has 0 heterocycles. The van der Waals surface area contributed by atoms with E-state index in [9.17, 15) is 9.59 Å². The Kier molecular flexibility index (Phi) is 8.18. The lowest BCUT2D eigenvalue weighted by molar-refractivity contribution is -0.147. The first-order chi connectivity index (χ1) is 12.0. The topological polar surface area (TPSA) is 91.2 Å². The minimum Gasteiger partial charge on any atom is -0.464 e. The number of hydrogen-bond donors (Lipinski definition) is 2. The molecule has 0 bridgehead atoms. The molecular weight excluding hydrogens is 322 g/mol. The number of rotatable bonds is 8. The largest absolute Gasteiger partial charge is 0.464 e. The lowest BCUT2D eigenvalue weighted by Crippen LogP contribution is -2.46. The van der Waals surface area contributed by atoms with Crippen molar-refractivity contribution in [3.63, 3.8) is 0 Å².